The molecule has 0 aromatic rings. The molecular weight excluding hydrogens is 256 g/mol. The van der Waals surface area contributed by atoms with Gasteiger partial charge in [0.2, 0.25) is 0 Å². The zero-order chi connectivity index (χ0) is 15.1. The predicted molar refractivity (Wildman–Crippen MR) is 78.9 cm³/mol. The Bertz CT molecular complexity index is 297. The molecular formula is C15H30N2O3. The van der Waals surface area contributed by atoms with E-state index in [4.69, 9.17) is 5.90 Å². The van der Waals surface area contributed by atoms with Crippen LogP contribution in [0.25, 0.3) is 0 Å². The van der Waals surface area contributed by atoms with Gasteiger partial charge < -0.3 is 14.8 Å². The van der Waals surface area contributed by atoms with Crippen LogP contribution in [0.1, 0.15) is 59.3 Å². The average molecular weight is 286 g/mol. The summed E-state index contributed by atoms with van der Waals surface area (Å²) in [5, 5.41) is 10.2. The number of aliphatic hydroxyl groups excluding tert-OH is 1. The fourth-order valence-corrected chi connectivity index (χ4v) is 3.10. The van der Waals surface area contributed by atoms with Crippen molar-refractivity contribution in [2.45, 2.75) is 71.4 Å². The standard InChI is InChI=1S/C15H30N2O3/c1-4-5-6-14(18)12-7-8-13(9-11(2)3)17(10-12)15(19)20-16/h11-14,18H,4-10,16H2,1-3H3. The minimum Gasteiger partial charge on any atom is -0.393 e. The van der Waals surface area contributed by atoms with Crippen LogP contribution in [0.15, 0.2) is 0 Å². The first-order valence-corrected chi connectivity index (χ1v) is 7.84. The van der Waals surface area contributed by atoms with E-state index in [-0.39, 0.29) is 18.1 Å². The summed E-state index contributed by atoms with van der Waals surface area (Å²) in [5.41, 5.74) is 0. The second kappa shape index (κ2) is 8.47. The number of nitrogens with zero attached hydrogens (tertiary/aromatic N) is 1. The van der Waals surface area contributed by atoms with Crippen molar-refractivity contribution in [3.63, 3.8) is 0 Å². The summed E-state index contributed by atoms with van der Waals surface area (Å²) in [6.45, 7) is 6.96. The van der Waals surface area contributed by atoms with Gasteiger partial charge in [-0.15, -0.1) is 0 Å². The van der Waals surface area contributed by atoms with Crippen molar-refractivity contribution < 1.29 is 14.7 Å². The first kappa shape index (κ1) is 17.2. The van der Waals surface area contributed by atoms with Crippen molar-refractivity contribution in [1.82, 2.24) is 4.90 Å². The van der Waals surface area contributed by atoms with Gasteiger partial charge in [0.1, 0.15) is 0 Å². The van der Waals surface area contributed by atoms with Gasteiger partial charge in [-0.3, -0.25) is 0 Å². The largest absolute Gasteiger partial charge is 0.428 e. The van der Waals surface area contributed by atoms with E-state index >= 15 is 0 Å². The van der Waals surface area contributed by atoms with Gasteiger partial charge in [-0.05, 0) is 31.6 Å². The molecule has 0 aliphatic carbocycles. The van der Waals surface area contributed by atoms with Crippen LogP contribution in [-0.2, 0) is 4.84 Å². The van der Waals surface area contributed by atoms with E-state index in [2.05, 4.69) is 25.6 Å². The van der Waals surface area contributed by atoms with E-state index in [1.165, 1.54) is 0 Å². The van der Waals surface area contributed by atoms with Crippen molar-refractivity contribution in [1.29, 1.82) is 0 Å². The van der Waals surface area contributed by atoms with Crippen LogP contribution in [0.4, 0.5) is 4.79 Å². The first-order valence-electron chi connectivity index (χ1n) is 7.84. The molecule has 1 saturated heterocycles. The maximum absolute atomic E-state index is 11.8. The van der Waals surface area contributed by atoms with Gasteiger partial charge in [-0.25, -0.2) is 4.79 Å². The van der Waals surface area contributed by atoms with E-state index in [9.17, 15) is 9.90 Å². The molecule has 1 heterocycles. The highest BCUT2D eigenvalue weighted by Crippen LogP contribution is 2.29. The molecule has 0 bridgehead atoms. The highest BCUT2D eigenvalue weighted by molar-refractivity contribution is 5.67. The third-order valence-corrected chi connectivity index (χ3v) is 4.22. The van der Waals surface area contributed by atoms with Gasteiger partial charge in [-0.1, -0.05) is 33.6 Å². The lowest BCUT2D eigenvalue weighted by atomic mass is 9.84. The molecule has 0 aromatic carbocycles. The molecule has 5 nitrogen and oxygen atoms in total. The maximum Gasteiger partial charge on any atom is 0.428 e. The summed E-state index contributed by atoms with van der Waals surface area (Å²) in [5.74, 6) is 5.71. The molecule has 3 atom stereocenters. The third-order valence-electron chi connectivity index (χ3n) is 4.22. The molecule has 0 saturated carbocycles. The van der Waals surface area contributed by atoms with Crippen molar-refractivity contribution in [2.24, 2.45) is 17.7 Å². The molecule has 5 heteroatoms. The van der Waals surface area contributed by atoms with Crippen LogP contribution in [0.3, 0.4) is 0 Å². The average Bonchev–Trinajstić information content (AvgIpc) is 2.43. The third kappa shape index (κ3) is 4.94. The Morgan fingerprint density at radius 3 is 2.70 bits per heavy atom. The molecule has 1 amide bonds. The lowest BCUT2D eigenvalue weighted by Gasteiger charge is -2.40. The van der Waals surface area contributed by atoms with E-state index in [1.807, 2.05) is 0 Å². The van der Waals surface area contributed by atoms with Crippen molar-refractivity contribution in [3.05, 3.63) is 0 Å². The molecule has 1 aliphatic heterocycles. The first-order chi connectivity index (χ1) is 9.49. The number of aliphatic hydroxyl groups is 1. The number of carbonyl (C=O) groups is 1. The Morgan fingerprint density at radius 1 is 1.45 bits per heavy atom. The van der Waals surface area contributed by atoms with Gasteiger partial charge in [0, 0.05) is 18.5 Å². The fraction of sp³-hybridized carbons (Fsp3) is 0.933. The molecule has 3 N–H and O–H groups in total. The number of unbranched alkanes of at least 4 members (excludes halogenated alkanes) is 1. The normalized spacial score (nSPS) is 24.8. The quantitative estimate of drug-likeness (QED) is 0.736. The van der Waals surface area contributed by atoms with Crippen LogP contribution in [0.5, 0.6) is 0 Å². The summed E-state index contributed by atoms with van der Waals surface area (Å²) >= 11 is 0. The Hall–Kier alpha value is -0.810. The summed E-state index contributed by atoms with van der Waals surface area (Å²) < 4.78 is 0. The second-order valence-corrected chi connectivity index (χ2v) is 6.37. The molecule has 0 radical (unpaired) electrons. The monoisotopic (exact) mass is 286 g/mol. The van der Waals surface area contributed by atoms with Crippen molar-refractivity contribution in [3.8, 4) is 0 Å². The van der Waals surface area contributed by atoms with E-state index < -0.39 is 6.09 Å². The summed E-state index contributed by atoms with van der Waals surface area (Å²) in [4.78, 5) is 18.0. The highest BCUT2D eigenvalue weighted by Gasteiger charge is 2.35. The molecule has 1 fully saturated rings. The van der Waals surface area contributed by atoms with Crippen molar-refractivity contribution >= 4 is 6.09 Å². The number of piperidine rings is 1. The Balaban J connectivity index is 2.63. The number of hydrogen-bond donors (Lipinski definition) is 2. The van der Waals surface area contributed by atoms with Crippen LogP contribution >= 0.6 is 0 Å². The van der Waals surface area contributed by atoms with Gasteiger partial charge in [0.25, 0.3) is 0 Å². The zero-order valence-electron chi connectivity index (χ0n) is 13.0. The van der Waals surface area contributed by atoms with Crippen LogP contribution < -0.4 is 5.90 Å². The SMILES string of the molecule is CCCCC(O)C1CCC(CC(C)C)N(C(=O)ON)C1. The second-order valence-electron chi connectivity index (χ2n) is 6.37. The van der Waals surface area contributed by atoms with Crippen LogP contribution in [-0.4, -0.2) is 34.8 Å². The lowest BCUT2D eigenvalue weighted by molar-refractivity contribution is 0.00999. The number of carbonyl (C=O) groups excluding carboxylic acids is 1. The number of rotatable bonds is 6. The van der Waals surface area contributed by atoms with Gasteiger partial charge in [0.05, 0.1) is 6.10 Å². The molecule has 3 unspecified atom stereocenters. The van der Waals surface area contributed by atoms with Gasteiger partial charge in [-0.2, -0.15) is 5.90 Å². The predicted octanol–water partition coefficient (Wildman–Crippen LogP) is 2.67. The molecule has 0 spiro atoms. The molecule has 118 valence electrons. The van der Waals surface area contributed by atoms with E-state index in [0.717, 1.165) is 38.5 Å². The smallest absolute Gasteiger partial charge is 0.393 e. The number of likely N-dealkylation sites (tertiary alicyclic amines) is 1. The number of hydrogen-bond acceptors (Lipinski definition) is 4. The highest BCUT2D eigenvalue weighted by atomic mass is 16.7. The van der Waals surface area contributed by atoms with Gasteiger partial charge >= 0.3 is 6.09 Å². The summed E-state index contributed by atoms with van der Waals surface area (Å²) in [6.07, 6.45) is 4.94. The zero-order valence-corrected chi connectivity index (χ0v) is 13.0. The fourth-order valence-electron chi connectivity index (χ4n) is 3.10. The minimum atomic E-state index is -0.469. The van der Waals surface area contributed by atoms with Gasteiger partial charge in [0.15, 0.2) is 0 Å². The number of amides is 1. The van der Waals surface area contributed by atoms with E-state index in [0.29, 0.717) is 12.5 Å². The van der Waals surface area contributed by atoms with E-state index in [1.54, 1.807) is 4.90 Å². The molecule has 1 rings (SSSR count). The topological polar surface area (TPSA) is 75.8 Å². The summed E-state index contributed by atoms with van der Waals surface area (Å²) in [6, 6.07) is 0.181. The lowest BCUT2D eigenvalue weighted by Crippen LogP contribution is -2.50. The van der Waals surface area contributed by atoms with Crippen LogP contribution in [0, 0.1) is 11.8 Å². The minimum absolute atomic E-state index is 0.143. The molecule has 1 aliphatic rings. The Kier molecular flexibility index (Phi) is 7.30. The van der Waals surface area contributed by atoms with Crippen LogP contribution in [0.2, 0.25) is 0 Å². The maximum atomic E-state index is 11.8. The molecule has 20 heavy (non-hydrogen) atoms. The number of nitrogens with two attached hydrogens (primary N) is 1. The Morgan fingerprint density at radius 2 is 2.15 bits per heavy atom. The summed E-state index contributed by atoms with van der Waals surface area (Å²) in [7, 11) is 0. The molecule has 0 aromatic heterocycles. The Labute approximate surface area is 122 Å². The van der Waals surface area contributed by atoms with Crippen molar-refractivity contribution in [2.75, 3.05) is 6.54 Å².